The molecule has 0 saturated carbocycles. The Morgan fingerprint density at radius 2 is 1.83 bits per heavy atom. The van der Waals surface area contributed by atoms with E-state index in [2.05, 4.69) is 27.8 Å². The highest BCUT2D eigenvalue weighted by molar-refractivity contribution is 6.31. The van der Waals surface area contributed by atoms with Gasteiger partial charge in [-0.1, -0.05) is 18.0 Å². The first-order valence-electron chi connectivity index (χ1n) is 6.80. The molecule has 1 aromatic heterocycles. The molecule has 0 unspecified atom stereocenters. The van der Waals surface area contributed by atoms with E-state index in [1.54, 1.807) is 0 Å². The molecule has 2 aromatic rings. The van der Waals surface area contributed by atoms with E-state index in [1.165, 1.54) is 43.3 Å². The van der Waals surface area contributed by atoms with Crippen LogP contribution >= 0.6 is 11.6 Å². The minimum Gasteiger partial charge on any atom is -0.346 e. The summed E-state index contributed by atoms with van der Waals surface area (Å²) in [6.45, 7) is 4.77. The third kappa shape index (κ3) is 2.55. The monoisotopic (exact) mass is 262 g/mol. The standard InChI is InChI=1S/C15H19ClN2/c16-14-4-5-15-13(12-14)6-9-18(15)11-10-17-7-2-1-3-8-17/h4-6,9,12H,1-3,7-8,10-11H2. The predicted octanol–water partition coefficient (Wildman–Crippen LogP) is 3.78. The first-order valence-corrected chi connectivity index (χ1v) is 7.17. The number of nitrogens with zero attached hydrogens (tertiary/aromatic N) is 2. The minimum atomic E-state index is 0.816. The maximum absolute atomic E-state index is 6.01. The molecular formula is C15H19ClN2. The largest absolute Gasteiger partial charge is 0.346 e. The number of likely N-dealkylation sites (tertiary alicyclic amines) is 1. The number of fused-ring (bicyclic) bond motifs is 1. The second kappa shape index (κ2) is 5.33. The van der Waals surface area contributed by atoms with Crippen LogP contribution in [0.3, 0.4) is 0 Å². The van der Waals surface area contributed by atoms with Crippen molar-refractivity contribution in [1.29, 1.82) is 0 Å². The van der Waals surface area contributed by atoms with E-state index in [0.717, 1.165) is 18.1 Å². The van der Waals surface area contributed by atoms with Gasteiger partial charge in [0.15, 0.2) is 0 Å². The van der Waals surface area contributed by atoms with Crippen molar-refractivity contribution in [3.05, 3.63) is 35.5 Å². The third-order valence-corrected chi connectivity index (χ3v) is 4.07. The molecule has 0 bridgehead atoms. The summed E-state index contributed by atoms with van der Waals surface area (Å²) in [7, 11) is 0. The normalized spacial score (nSPS) is 17.4. The zero-order chi connectivity index (χ0) is 12.4. The van der Waals surface area contributed by atoms with Gasteiger partial charge in [0.2, 0.25) is 0 Å². The van der Waals surface area contributed by atoms with Crippen LogP contribution in [0.15, 0.2) is 30.5 Å². The zero-order valence-electron chi connectivity index (χ0n) is 10.6. The lowest BCUT2D eigenvalue weighted by atomic mass is 10.1. The molecule has 3 heteroatoms. The van der Waals surface area contributed by atoms with Crippen LogP contribution in [-0.2, 0) is 6.54 Å². The van der Waals surface area contributed by atoms with Crippen LogP contribution in [-0.4, -0.2) is 29.1 Å². The summed E-state index contributed by atoms with van der Waals surface area (Å²) in [4.78, 5) is 2.57. The topological polar surface area (TPSA) is 8.17 Å². The SMILES string of the molecule is Clc1ccc2c(ccn2CCN2CCCCC2)c1. The van der Waals surface area contributed by atoms with Crippen molar-refractivity contribution < 1.29 is 0 Å². The highest BCUT2D eigenvalue weighted by atomic mass is 35.5. The zero-order valence-corrected chi connectivity index (χ0v) is 11.4. The van der Waals surface area contributed by atoms with Crippen molar-refractivity contribution in [2.45, 2.75) is 25.8 Å². The molecule has 0 spiro atoms. The van der Waals surface area contributed by atoms with Gasteiger partial charge in [-0.25, -0.2) is 0 Å². The number of benzene rings is 1. The number of rotatable bonds is 3. The summed E-state index contributed by atoms with van der Waals surface area (Å²) < 4.78 is 2.33. The summed E-state index contributed by atoms with van der Waals surface area (Å²) in [5, 5.41) is 2.05. The molecule has 0 N–H and O–H groups in total. The van der Waals surface area contributed by atoms with Crippen molar-refractivity contribution in [3.63, 3.8) is 0 Å². The molecule has 1 fully saturated rings. The summed E-state index contributed by atoms with van der Waals surface area (Å²) in [5.41, 5.74) is 1.29. The number of hydrogen-bond donors (Lipinski definition) is 0. The third-order valence-electron chi connectivity index (χ3n) is 3.84. The van der Waals surface area contributed by atoms with Crippen LogP contribution in [0.4, 0.5) is 0 Å². The van der Waals surface area contributed by atoms with Gasteiger partial charge in [0.1, 0.15) is 0 Å². The smallest absolute Gasteiger partial charge is 0.0481 e. The van der Waals surface area contributed by atoms with E-state index < -0.39 is 0 Å². The fourth-order valence-electron chi connectivity index (χ4n) is 2.80. The molecule has 0 atom stereocenters. The average molecular weight is 263 g/mol. The maximum atomic E-state index is 6.01. The molecule has 0 radical (unpaired) electrons. The lowest BCUT2D eigenvalue weighted by molar-refractivity contribution is 0.221. The number of hydrogen-bond acceptors (Lipinski definition) is 1. The molecule has 1 aromatic carbocycles. The number of piperidine rings is 1. The van der Waals surface area contributed by atoms with E-state index in [1.807, 2.05) is 12.1 Å². The summed E-state index contributed by atoms with van der Waals surface area (Å²) in [6, 6.07) is 8.28. The lowest BCUT2D eigenvalue weighted by Gasteiger charge is -2.26. The Hall–Kier alpha value is -0.990. The van der Waals surface area contributed by atoms with Crippen molar-refractivity contribution in [1.82, 2.24) is 9.47 Å². The van der Waals surface area contributed by atoms with Crippen LogP contribution in [0.5, 0.6) is 0 Å². The maximum Gasteiger partial charge on any atom is 0.0481 e. The molecule has 1 saturated heterocycles. The minimum absolute atomic E-state index is 0.816. The molecule has 1 aliphatic rings. The van der Waals surface area contributed by atoms with Crippen molar-refractivity contribution in [2.24, 2.45) is 0 Å². The summed E-state index contributed by atoms with van der Waals surface area (Å²) in [6.07, 6.45) is 6.30. The second-order valence-electron chi connectivity index (χ2n) is 5.11. The van der Waals surface area contributed by atoms with E-state index in [9.17, 15) is 0 Å². The molecule has 18 heavy (non-hydrogen) atoms. The quantitative estimate of drug-likeness (QED) is 0.817. The molecule has 2 heterocycles. The van der Waals surface area contributed by atoms with E-state index in [4.69, 9.17) is 11.6 Å². The van der Waals surface area contributed by atoms with Gasteiger partial charge in [-0.05, 0) is 50.2 Å². The van der Waals surface area contributed by atoms with Crippen LogP contribution in [0.25, 0.3) is 10.9 Å². The van der Waals surface area contributed by atoms with Crippen molar-refractivity contribution in [2.75, 3.05) is 19.6 Å². The van der Waals surface area contributed by atoms with Gasteiger partial charge in [0.25, 0.3) is 0 Å². The Bertz CT molecular complexity index is 526. The highest BCUT2D eigenvalue weighted by Crippen LogP contribution is 2.20. The molecule has 3 rings (SSSR count). The molecule has 1 aliphatic heterocycles. The van der Waals surface area contributed by atoms with E-state index >= 15 is 0 Å². The van der Waals surface area contributed by atoms with Gasteiger partial charge >= 0.3 is 0 Å². The van der Waals surface area contributed by atoms with Gasteiger partial charge in [-0.15, -0.1) is 0 Å². The van der Waals surface area contributed by atoms with E-state index in [0.29, 0.717) is 0 Å². The average Bonchev–Trinajstić information content (AvgIpc) is 2.80. The molecular weight excluding hydrogens is 244 g/mol. The Labute approximate surface area is 113 Å². The summed E-state index contributed by atoms with van der Waals surface area (Å²) in [5.74, 6) is 0. The van der Waals surface area contributed by atoms with Crippen LogP contribution in [0, 0.1) is 0 Å². The van der Waals surface area contributed by atoms with Gasteiger partial charge in [0, 0.05) is 35.2 Å². The van der Waals surface area contributed by atoms with Crippen LogP contribution < -0.4 is 0 Å². The Morgan fingerprint density at radius 3 is 2.67 bits per heavy atom. The first kappa shape index (κ1) is 12.1. The number of halogens is 1. The first-order chi connectivity index (χ1) is 8.83. The Balaban J connectivity index is 1.70. The van der Waals surface area contributed by atoms with Crippen molar-refractivity contribution >= 4 is 22.5 Å². The van der Waals surface area contributed by atoms with Gasteiger partial charge < -0.3 is 9.47 Å². The van der Waals surface area contributed by atoms with Crippen LogP contribution in [0.2, 0.25) is 5.02 Å². The van der Waals surface area contributed by atoms with Crippen molar-refractivity contribution in [3.8, 4) is 0 Å². The fourth-order valence-corrected chi connectivity index (χ4v) is 2.98. The molecule has 0 aliphatic carbocycles. The van der Waals surface area contributed by atoms with Gasteiger partial charge in [-0.3, -0.25) is 0 Å². The highest BCUT2D eigenvalue weighted by Gasteiger charge is 2.10. The van der Waals surface area contributed by atoms with Gasteiger partial charge in [-0.2, -0.15) is 0 Å². The molecule has 96 valence electrons. The van der Waals surface area contributed by atoms with E-state index in [-0.39, 0.29) is 0 Å². The summed E-state index contributed by atoms with van der Waals surface area (Å²) >= 11 is 6.01. The molecule has 2 nitrogen and oxygen atoms in total. The van der Waals surface area contributed by atoms with Gasteiger partial charge in [0.05, 0.1) is 0 Å². The Kier molecular flexibility index (Phi) is 3.57. The fraction of sp³-hybridized carbons (Fsp3) is 0.467. The predicted molar refractivity (Wildman–Crippen MR) is 77.2 cm³/mol. The molecule has 0 amide bonds. The van der Waals surface area contributed by atoms with Crippen LogP contribution in [0.1, 0.15) is 19.3 Å². The Morgan fingerprint density at radius 1 is 1.00 bits per heavy atom. The lowest BCUT2D eigenvalue weighted by Crippen LogP contribution is -2.32. The number of aromatic nitrogens is 1. The second-order valence-corrected chi connectivity index (χ2v) is 5.55.